The van der Waals surface area contributed by atoms with Crippen molar-refractivity contribution in [3.05, 3.63) is 42.0 Å². The first kappa shape index (κ1) is 17.5. The lowest BCUT2D eigenvalue weighted by molar-refractivity contribution is 0.353. The van der Waals surface area contributed by atoms with Crippen LogP contribution >= 0.6 is 11.8 Å². The van der Waals surface area contributed by atoms with E-state index < -0.39 is 10.0 Å². The van der Waals surface area contributed by atoms with Gasteiger partial charge >= 0.3 is 0 Å². The molecular weight excluding hydrogens is 334 g/mol. The van der Waals surface area contributed by atoms with Crippen LogP contribution in [0.3, 0.4) is 0 Å². The lowest BCUT2D eigenvalue weighted by atomic mass is 10.2. The predicted molar refractivity (Wildman–Crippen MR) is 93.3 cm³/mol. The van der Waals surface area contributed by atoms with Crippen LogP contribution < -0.4 is 14.2 Å². The molecule has 0 amide bonds. The molecule has 0 aliphatic carbocycles. The molecule has 2 aromatic rings. The van der Waals surface area contributed by atoms with Crippen molar-refractivity contribution >= 4 is 27.5 Å². The molecule has 0 saturated heterocycles. The molecule has 0 radical (unpaired) electrons. The highest BCUT2D eigenvalue weighted by molar-refractivity contribution is 7.98. The molecule has 7 heteroatoms. The summed E-state index contributed by atoms with van der Waals surface area (Å²) in [5, 5.41) is 0. The summed E-state index contributed by atoms with van der Waals surface area (Å²) in [5.74, 6) is 0.865. The number of aryl methyl sites for hydroxylation is 1. The topological polar surface area (TPSA) is 64.6 Å². The molecule has 5 nitrogen and oxygen atoms in total. The second-order valence-electron chi connectivity index (χ2n) is 4.81. The lowest BCUT2D eigenvalue weighted by Crippen LogP contribution is -2.14. The Morgan fingerprint density at radius 2 is 1.70 bits per heavy atom. The van der Waals surface area contributed by atoms with E-state index in [1.165, 1.54) is 20.3 Å². The first-order chi connectivity index (χ1) is 10.9. The van der Waals surface area contributed by atoms with Crippen molar-refractivity contribution in [1.82, 2.24) is 0 Å². The molecule has 0 fully saturated rings. The second kappa shape index (κ2) is 7.14. The zero-order valence-corrected chi connectivity index (χ0v) is 15.0. The van der Waals surface area contributed by atoms with Crippen LogP contribution in [0.5, 0.6) is 11.5 Å². The molecule has 0 saturated carbocycles. The third-order valence-electron chi connectivity index (χ3n) is 3.29. The Bertz CT molecular complexity index is 804. The summed E-state index contributed by atoms with van der Waals surface area (Å²) < 4.78 is 38.3. The third-order valence-corrected chi connectivity index (χ3v) is 5.54. The van der Waals surface area contributed by atoms with Gasteiger partial charge in [0.1, 0.15) is 0 Å². The lowest BCUT2D eigenvalue weighted by Gasteiger charge is -2.14. The summed E-state index contributed by atoms with van der Waals surface area (Å²) >= 11 is 1.55. The van der Waals surface area contributed by atoms with Crippen LogP contribution in [-0.4, -0.2) is 28.9 Å². The van der Waals surface area contributed by atoms with Gasteiger partial charge in [0.15, 0.2) is 11.5 Å². The van der Waals surface area contributed by atoms with Crippen molar-refractivity contribution in [1.29, 1.82) is 0 Å². The van der Waals surface area contributed by atoms with Gasteiger partial charge in [-0.1, -0.05) is 6.07 Å². The number of rotatable bonds is 6. The molecule has 0 spiro atoms. The minimum atomic E-state index is -3.72. The van der Waals surface area contributed by atoms with Gasteiger partial charge < -0.3 is 9.47 Å². The number of nitrogens with one attached hydrogen (secondary N) is 1. The van der Waals surface area contributed by atoms with Gasteiger partial charge in [-0.05, 0) is 43.0 Å². The molecule has 0 heterocycles. The van der Waals surface area contributed by atoms with Gasteiger partial charge in [-0.25, -0.2) is 8.42 Å². The molecule has 2 aromatic carbocycles. The number of sulfonamides is 1. The minimum Gasteiger partial charge on any atom is -0.493 e. The van der Waals surface area contributed by atoms with Crippen LogP contribution in [0, 0.1) is 6.92 Å². The van der Waals surface area contributed by atoms with Gasteiger partial charge in [-0.2, -0.15) is 0 Å². The van der Waals surface area contributed by atoms with Crippen molar-refractivity contribution in [2.75, 3.05) is 25.2 Å². The van der Waals surface area contributed by atoms with Crippen molar-refractivity contribution in [2.45, 2.75) is 16.7 Å². The molecule has 124 valence electrons. The van der Waals surface area contributed by atoms with Gasteiger partial charge in [-0.3, -0.25) is 4.72 Å². The maximum absolute atomic E-state index is 12.7. The first-order valence-corrected chi connectivity index (χ1v) is 9.51. The quantitative estimate of drug-likeness (QED) is 0.805. The Morgan fingerprint density at radius 3 is 2.30 bits per heavy atom. The highest BCUT2D eigenvalue weighted by Crippen LogP contribution is 2.33. The number of thioether (sulfide) groups is 1. The van der Waals surface area contributed by atoms with Crippen molar-refractivity contribution in [2.24, 2.45) is 0 Å². The van der Waals surface area contributed by atoms with Crippen molar-refractivity contribution in [3.8, 4) is 11.5 Å². The zero-order valence-electron chi connectivity index (χ0n) is 13.4. The largest absolute Gasteiger partial charge is 0.493 e. The number of hydrogen-bond donors (Lipinski definition) is 1. The van der Waals surface area contributed by atoms with E-state index in [0.717, 1.165) is 4.90 Å². The minimum absolute atomic E-state index is 0.157. The fourth-order valence-corrected chi connectivity index (χ4v) is 3.90. The monoisotopic (exact) mass is 353 g/mol. The Hall–Kier alpha value is -1.86. The Kier molecular flexibility index (Phi) is 5.43. The first-order valence-electron chi connectivity index (χ1n) is 6.80. The predicted octanol–water partition coefficient (Wildman–Crippen LogP) is 3.53. The van der Waals surface area contributed by atoms with Crippen LogP contribution in [0.15, 0.2) is 46.2 Å². The second-order valence-corrected chi connectivity index (χ2v) is 7.34. The number of ether oxygens (including phenoxy) is 2. The molecule has 0 unspecified atom stereocenters. The van der Waals surface area contributed by atoms with E-state index in [0.29, 0.717) is 22.7 Å². The number of hydrogen-bond acceptors (Lipinski definition) is 5. The maximum atomic E-state index is 12.7. The van der Waals surface area contributed by atoms with Crippen LogP contribution in [0.4, 0.5) is 5.69 Å². The summed E-state index contributed by atoms with van der Waals surface area (Å²) in [6, 6.07) is 10.3. The van der Waals surface area contributed by atoms with E-state index in [4.69, 9.17) is 9.47 Å². The number of benzene rings is 2. The third kappa shape index (κ3) is 3.92. The summed E-state index contributed by atoms with van der Waals surface area (Å²) in [5.41, 5.74) is 1.10. The van der Waals surface area contributed by atoms with E-state index in [-0.39, 0.29) is 4.90 Å². The van der Waals surface area contributed by atoms with Crippen LogP contribution in [-0.2, 0) is 10.0 Å². The standard InChI is InChI=1S/C16H19NO4S2/c1-11-8-14(20-2)15(21-3)10-16(11)23(18,19)17-12-6-5-7-13(9-12)22-4/h5-10,17H,1-4H3. The van der Waals surface area contributed by atoms with Crippen LogP contribution in [0.1, 0.15) is 5.56 Å². The molecule has 2 rings (SSSR count). The van der Waals surface area contributed by atoms with Gasteiger partial charge in [0.05, 0.1) is 19.1 Å². The molecule has 23 heavy (non-hydrogen) atoms. The Balaban J connectivity index is 2.43. The van der Waals surface area contributed by atoms with E-state index in [2.05, 4.69) is 4.72 Å². The average Bonchev–Trinajstić information content (AvgIpc) is 2.53. The smallest absolute Gasteiger partial charge is 0.262 e. The van der Waals surface area contributed by atoms with E-state index in [9.17, 15) is 8.42 Å². The van der Waals surface area contributed by atoms with Gasteiger partial charge in [0, 0.05) is 16.6 Å². The van der Waals surface area contributed by atoms with E-state index >= 15 is 0 Å². The van der Waals surface area contributed by atoms with Gasteiger partial charge in [-0.15, -0.1) is 11.8 Å². The molecule has 0 bridgehead atoms. The van der Waals surface area contributed by atoms with Gasteiger partial charge in [0.25, 0.3) is 10.0 Å². The summed E-state index contributed by atoms with van der Waals surface area (Å²) in [4.78, 5) is 1.14. The highest BCUT2D eigenvalue weighted by Gasteiger charge is 2.20. The molecule has 0 aliphatic rings. The zero-order chi connectivity index (χ0) is 17.0. The molecule has 0 atom stereocenters. The normalized spacial score (nSPS) is 11.1. The maximum Gasteiger partial charge on any atom is 0.262 e. The highest BCUT2D eigenvalue weighted by atomic mass is 32.2. The average molecular weight is 353 g/mol. The van der Waals surface area contributed by atoms with Gasteiger partial charge in [0.2, 0.25) is 0 Å². The number of anilines is 1. The SMILES string of the molecule is COc1cc(C)c(S(=O)(=O)Nc2cccc(SC)c2)cc1OC. The molecular formula is C16H19NO4S2. The molecule has 1 N–H and O–H groups in total. The van der Waals surface area contributed by atoms with E-state index in [1.54, 1.807) is 36.9 Å². The molecule has 0 aliphatic heterocycles. The van der Waals surface area contributed by atoms with Crippen LogP contribution in [0.2, 0.25) is 0 Å². The van der Waals surface area contributed by atoms with E-state index in [1.807, 2.05) is 18.4 Å². The summed E-state index contributed by atoms with van der Waals surface area (Å²) in [6.07, 6.45) is 1.94. The Labute approximate surface area is 141 Å². The number of methoxy groups -OCH3 is 2. The fourth-order valence-electron chi connectivity index (χ4n) is 2.15. The van der Waals surface area contributed by atoms with Crippen molar-refractivity contribution < 1.29 is 17.9 Å². The van der Waals surface area contributed by atoms with Crippen molar-refractivity contribution in [3.63, 3.8) is 0 Å². The summed E-state index contributed by atoms with van der Waals surface area (Å²) in [7, 11) is -0.739. The Morgan fingerprint density at radius 1 is 1.04 bits per heavy atom. The fraction of sp³-hybridized carbons (Fsp3) is 0.250. The van der Waals surface area contributed by atoms with Crippen LogP contribution in [0.25, 0.3) is 0 Å². The molecule has 0 aromatic heterocycles. The summed E-state index contributed by atoms with van der Waals surface area (Å²) in [6.45, 7) is 1.72.